The van der Waals surface area contributed by atoms with E-state index in [1.807, 2.05) is 73.7 Å². The van der Waals surface area contributed by atoms with E-state index in [1.54, 1.807) is 13.2 Å². The molecular formula is C32H40N4O4S. The summed E-state index contributed by atoms with van der Waals surface area (Å²) in [6.45, 7) is 4.56. The number of para-hydroxylation sites is 2. The van der Waals surface area contributed by atoms with Crippen molar-refractivity contribution >= 4 is 33.0 Å². The monoisotopic (exact) mass is 576 g/mol. The molecule has 1 aliphatic carbocycles. The Morgan fingerprint density at radius 2 is 1.49 bits per heavy atom. The Balaban J connectivity index is 1.40. The van der Waals surface area contributed by atoms with Crippen LogP contribution < -0.4 is 24.6 Å². The first-order valence-electron chi connectivity index (χ1n) is 14.5. The average molecular weight is 577 g/mol. The summed E-state index contributed by atoms with van der Waals surface area (Å²) in [7, 11) is -2.25. The molecule has 0 unspecified atom stereocenters. The molecule has 2 N–H and O–H groups in total. The van der Waals surface area contributed by atoms with E-state index in [0.29, 0.717) is 37.6 Å². The van der Waals surface area contributed by atoms with Gasteiger partial charge in [-0.15, -0.1) is 0 Å². The van der Waals surface area contributed by atoms with Gasteiger partial charge >= 0.3 is 0 Å². The summed E-state index contributed by atoms with van der Waals surface area (Å²) < 4.78 is 36.2. The van der Waals surface area contributed by atoms with E-state index in [0.717, 1.165) is 49.1 Å². The van der Waals surface area contributed by atoms with Crippen LogP contribution in [0.3, 0.4) is 0 Å². The van der Waals surface area contributed by atoms with Crippen LogP contribution in [-0.4, -0.2) is 47.6 Å². The first kappa shape index (κ1) is 29.0. The van der Waals surface area contributed by atoms with Gasteiger partial charge in [0.15, 0.2) is 0 Å². The first-order chi connectivity index (χ1) is 19.9. The minimum atomic E-state index is -3.92. The number of anilines is 3. The van der Waals surface area contributed by atoms with Gasteiger partial charge in [-0.1, -0.05) is 61.7 Å². The van der Waals surface area contributed by atoms with Gasteiger partial charge < -0.3 is 19.9 Å². The number of amides is 1. The van der Waals surface area contributed by atoms with Crippen molar-refractivity contribution in [3.63, 3.8) is 0 Å². The van der Waals surface area contributed by atoms with E-state index >= 15 is 0 Å². The molecule has 2 fully saturated rings. The van der Waals surface area contributed by atoms with Crippen molar-refractivity contribution in [1.29, 1.82) is 0 Å². The van der Waals surface area contributed by atoms with Crippen LogP contribution in [0.1, 0.15) is 50.6 Å². The van der Waals surface area contributed by atoms with Gasteiger partial charge in [0.1, 0.15) is 10.6 Å². The molecule has 1 atom stereocenters. The van der Waals surface area contributed by atoms with Crippen molar-refractivity contribution < 1.29 is 17.9 Å². The summed E-state index contributed by atoms with van der Waals surface area (Å²) >= 11 is 0. The molecule has 218 valence electrons. The number of nitrogens with zero attached hydrogens (tertiary/aromatic N) is 2. The average Bonchev–Trinajstić information content (AvgIpc) is 3.01. The molecule has 1 amide bonds. The maximum atomic E-state index is 13.9. The minimum absolute atomic E-state index is 0.0252. The van der Waals surface area contributed by atoms with Crippen LogP contribution in [-0.2, 0) is 14.8 Å². The van der Waals surface area contributed by atoms with Gasteiger partial charge in [-0.05, 0) is 55.7 Å². The van der Waals surface area contributed by atoms with Gasteiger partial charge in [-0.3, -0.25) is 4.79 Å². The van der Waals surface area contributed by atoms with Gasteiger partial charge in [0, 0.05) is 43.8 Å². The summed E-state index contributed by atoms with van der Waals surface area (Å²) in [6.07, 6.45) is 5.03. The van der Waals surface area contributed by atoms with E-state index in [9.17, 15) is 13.2 Å². The van der Waals surface area contributed by atoms with Gasteiger partial charge in [-0.2, -0.15) is 0 Å². The Morgan fingerprint density at radius 1 is 0.854 bits per heavy atom. The molecule has 3 aromatic rings. The number of methoxy groups -OCH3 is 1. The minimum Gasteiger partial charge on any atom is -0.495 e. The van der Waals surface area contributed by atoms with E-state index in [2.05, 4.69) is 19.8 Å². The number of benzene rings is 3. The number of hydrogen-bond donors (Lipinski definition) is 2. The fourth-order valence-corrected chi connectivity index (χ4v) is 7.35. The Labute approximate surface area is 243 Å². The summed E-state index contributed by atoms with van der Waals surface area (Å²) in [5.41, 5.74) is 3.05. The third-order valence-corrected chi connectivity index (χ3v) is 9.74. The van der Waals surface area contributed by atoms with Crippen LogP contribution >= 0.6 is 0 Å². The number of piperazine rings is 1. The molecule has 41 heavy (non-hydrogen) atoms. The normalized spacial score (nSPS) is 17.2. The molecule has 0 aromatic heterocycles. The highest BCUT2D eigenvalue weighted by Gasteiger charge is 2.28. The van der Waals surface area contributed by atoms with Crippen LogP contribution in [0, 0.1) is 5.92 Å². The number of rotatable bonds is 9. The van der Waals surface area contributed by atoms with Crippen LogP contribution in [0.5, 0.6) is 5.75 Å². The molecule has 1 saturated carbocycles. The van der Waals surface area contributed by atoms with Crippen molar-refractivity contribution in [2.24, 2.45) is 5.92 Å². The molecule has 1 heterocycles. The molecule has 0 radical (unpaired) electrons. The zero-order valence-corrected chi connectivity index (χ0v) is 24.7. The number of carbonyl (C=O) groups is 1. The molecule has 1 saturated heterocycles. The van der Waals surface area contributed by atoms with Gasteiger partial charge in [-0.25, -0.2) is 13.1 Å². The Kier molecular flexibility index (Phi) is 9.15. The van der Waals surface area contributed by atoms with Crippen LogP contribution in [0.2, 0.25) is 0 Å². The van der Waals surface area contributed by atoms with Crippen molar-refractivity contribution in [2.45, 2.75) is 50.0 Å². The largest absolute Gasteiger partial charge is 0.495 e. The third kappa shape index (κ3) is 6.85. The molecule has 0 bridgehead atoms. The van der Waals surface area contributed by atoms with E-state index in [-0.39, 0.29) is 16.7 Å². The van der Waals surface area contributed by atoms with Gasteiger partial charge in [0.05, 0.1) is 18.5 Å². The maximum Gasteiger partial charge on any atom is 0.243 e. The number of sulfonamides is 1. The highest BCUT2D eigenvalue weighted by Crippen LogP contribution is 2.34. The van der Waals surface area contributed by atoms with Crippen LogP contribution in [0.15, 0.2) is 77.7 Å². The van der Waals surface area contributed by atoms with Crippen molar-refractivity contribution in [2.75, 3.05) is 48.4 Å². The van der Waals surface area contributed by atoms with Gasteiger partial charge in [0.2, 0.25) is 15.9 Å². The summed E-state index contributed by atoms with van der Waals surface area (Å²) in [4.78, 5) is 17.5. The quantitative estimate of drug-likeness (QED) is 0.346. The molecule has 3 aromatic carbocycles. The molecule has 9 heteroatoms. The number of hydrogen-bond acceptors (Lipinski definition) is 6. The zero-order chi connectivity index (χ0) is 28.8. The summed E-state index contributed by atoms with van der Waals surface area (Å²) in [6, 6.07) is 22.3. The van der Waals surface area contributed by atoms with E-state index in [1.165, 1.54) is 0 Å². The lowest BCUT2D eigenvalue weighted by Gasteiger charge is -2.38. The van der Waals surface area contributed by atoms with E-state index < -0.39 is 16.1 Å². The van der Waals surface area contributed by atoms with Crippen molar-refractivity contribution in [3.05, 3.63) is 78.4 Å². The molecule has 5 rings (SSSR count). The topological polar surface area (TPSA) is 91.0 Å². The molecule has 1 aliphatic heterocycles. The summed E-state index contributed by atoms with van der Waals surface area (Å²) in [5.74, 6) is 0.765. The van der Waals surface area contributed by atoms with Crippen LogP contribution in [0.4, 0.5) is 17.1 Å². The SMILES string of the molecule is COc1ccccc1N1CCN(c2ccc(NC(=O)C3CCCCC3)cc2S(=O)(=O)N[C@H](C)c2ccccc2)CC1. The summed E-state index contributed by atoms with van der Waals surface area (Å²) in [5, 5.41) is 3.01. The lowest BCUT2D eigenvalue weighted by atomic mass is 9.88. The predicted molar refractivity (Wildman–Crippen MR) is 164 cm³/mol. The maximum absolute atomic E-state index is 13.9. The smallest absolute Gasteiger partial charge is 0.243 e. The Morgan fingerprint density at radius 3 is 2.17 bits per heavy atom. The zero-order valence-electron chi connectivity index (χ0n) is 23.9. The fourth-order valence-electron chi connectivity index (χ4n) is 5.86. The highest BCUT2D eigenvalue weighted by molar-refractivity contribution is 7.89. The number of ether oxygens (including phenoxy) is 1. The van der Waals surface area contributed by atoms with Crippen molar-refractivity contribution in [3.8, 4) is 5.75 Å². The standard InChI is InChI=1S/C32H40N4O4S/c1-24(25-11-5-3-6-12-25)34-41(38,39)31-23-27(33-32(37)26-13-7-4-8-14-26)17-18-29(31)36-21-19-35(20-22-36)28-15-9-10-16-30(28)40-2/h3,5-6,9-12,15-18,23-24,26,34H,4,7-8,13-14,19-22H2,1-2H3,(H,33,37)/t24-/m1/s1. The Bertz CT molecular complexity index is 1430. The predicted octanol–water partition coefficient (Wildman–Crippen LogP) is 5.58. The lowest BCUT2D eigenvalue weighted by molar-refractivity contribution is -0.120. The van der Waals surface area contributed by atoms with Crippen molar-refractivity contribution in [1.82, 2.24) is 4.72 Å². The molecular weight excluding hydrogens is 536 g/mol. The number of carbonyl (C=O) groups excluding carboxylic acids is 1. The third-order valence-electron chi connectivity index (χ3n) is 8.17. The second-order valence-electron chi connectivity index (χ2n) is 10.9. The highest BCUT2D eigenvalue weighted by atomic mass is 32.2. The fraction of sp³-hybridized carbons (Fsp3) is 0.406. The number of nitrogens with one attached hydrogen (secondary N) is 2. The van der Waals surface area contributed by atoms with Crippen LogP contribution in [0.25, 0.3) is 0 Å². The Hall–Kier alpha value is -3.56. The van der Waals surface area contributed by atoms with Gasteiger partial charge in [0.25, 0.3) is 0 Å². The molecule has 8 nitrogen and oxygen atoms in total. The second kappa shape index (κ2) is 13.0. The second-order valence-corrected chi connectivity index (χ2v) is 12.6. The first-order valence-corrected chi connectivity index (χ1v) is 16.0. The van der Waals surface area contributed by atoms with E-state index in [4.69, 9.17) is 4.74 Å². The molecule has 2 aliphatic rings. The lowest BCUT2D eigenvalue weighted by Crippen LogP contribution is -2.47. The molecule has 0 spiro atoms.